The number of esters is 4. The number of nitrogens with zero attached hydrogens (tertiary/aromatic N) is 2. The zero-order valence-electron chi connectivity index (χ0n) is 35.3. The number of aliphatic hydroxyl groups excluding tert-OH is 2. The summed E-state index contributed by atoms with van der Waals surface area (Å²) in [5.41, 5.74) is 3.13. The first-order valence-corrected chi connectivity index (χ1v) is 21.9. The highest BCUT2D eigenvalue weighted by molar-refractivity contribution is 7.99. The van der Waals surface area contributed by atoms with Gasteiger partial charge in [0.1, 0.15) is 5.69 Å². The molecule has 2 aromatic rings. The molecule has 0 aromatic carbocycles. The second-order valence-electron chi connectivity index (χ2n) is 12.2. The van der Waals surface area contributed by atoms with E-state index in [1.165, 1.54) is 0 Å². The minimum atomic E-state index is -0.170. The van der Waals surface area contributed by atoms with E-state index in [2.05, 4.69) is 21.6 Å². The van der Waals surface area contributed by atoms with Gasteiger partial charge >= 0.3 is 23.9 Å². The zero-order valence-corrected chi connectivity index (χ0v) is 36.9. The number of rotatable bonds is 25. The Morgan fingerprint density at radius 2 is 0.982 bits per heavy atom. The Labute approximate surface area is 349 Å². The Morgan fingerprint density at radius 3 is 1.37 bits per heavy atom. The first-order chi connectivity index (χ1) is 27.5. The van der Waals surface area contributed by atoms with E-state index >= 15 is 0 Å². The number of carbonyl (C=O) groups is 5. The molecular weight excluding hydrogens is 773 g/mol. The van der Waals surface area contributed by atoms with Crippen molar-refractivity contribution < 1.29 is 53.1 Å². The van der Waals surface area contributed by atoms with Crippen LogP contribution < -0.4 is 0 Å². The first-order valence-electron chi connectivity index (χ1n) is 19.9. The molecule has 0 fully saturated rings. The van der Waals surface area contributed by atoms with Crippen LogP contribution in [0.25, 0.3) is 0 Å². The lowest BCUT2D eigenvalue weighted by atomic mass is 10.2. The van der Waals surface area contributed by atoms with Gasteiger partial charge < -0.3 is 29.2 Å². The molecule has 0 radical (unpaired) electrons. The van der Waals surface area contributed by atoms with Crippen LogP contribution in [0.5, 0.6) is 0 Å². The maximum absolute atomic E-state index is 11.1. The second-order valence-corrected chi connectivity index (χ2v) is 14.4. The molecule has 2 heterocycles. The molecule has 0 unspecified atom stereocenters. The number of aldehydes is 1. The summed E-state index contributed by atoms with van der Waals surface area (Å²) >= 11 is 3.25. The number of ether oxygens (including phenoxy) is 4. The Balaban J connectivity index is 0. The van der Waals surface area contributed by atoms with Crippen molar-refractivity contribution in [2.24, 2.45) is 0 Å². The standard InChI is InChI=1S/C14H21NO3S.C14H19NO3S.C7H14O3.C7H14O2/c2*1-3-18-14(17)6-4-5-9-19-13-8-7-11(2)12(10-16)15-13;1-2-10-7(9)5-3-4-6-8;1-3-5-6-7(8)9-4-2/h7-8,16H,3-6,9-10H2,1-2H3;7-8,10H,3-6,9H2,1-2H3;8H,2-6H2,1H3;3-6H2,1-2H3. The van der Waals surface area contributed by atoms with Crippen LogP contribution in [-0.4, -0.2) is 94.9 Å². The number of carbonyl (C=O) groups excluding carboxylic acids is 5. The molecule has 0 saturated heterocycles. The van der Waals surface area contributed by atoms with Gasteiger partial charge in [-0.15, -0.1) is 23.5 Å². The molecule has 0 saturated carbocycles. The van der Waals surface area contributed by atoms with E-state index in [1.54, 1.807) is 37.4 Å². The van der Waals surface area contributed by atoms with E-state index in [0.29, 0.717) is 64.2 Å². The number of unbranched alkanes of at least 4 members (excludes halogenated alkanes) is 4. The SMILES string of the molecule is CCCCC(=O)OCC.CCOC(=O)CCCCO.CCOC(=O)CCCCSc1ccc(C)c(C=O)n1.CCOC(=O)CCCCSc1ccc(C)c(CO)n1. The van der Waals surface area contributed by atoms with Crippen molar-refractivity contribution in [1.29, 1.82) is 0 Å². The molecular formula is C42H68N2O11S2. The molecule has 0 amide bonds. The summed E-state index contributed by atoms with van der Waals surface area (Å²) in [6, 6.07) is 7.75. The van der Waals surface area contributed by atoms with Gasteiger partial charge in [0.25, 0.3) is 0 Å². The van der Waals surface area contributed by atoms with Gasteiger partial charge in [0, 0.05) is 32.3 Å². The average molecular weight is 841 g/mol. The van der Waals surface area contributed by atoms with Gasteiger partial charge in [0.2, 0.25) is 0 Å². The maximum atomic E-state index is 11.1. The fraction of sp³-hybridized carbons (Fsp3) is 0.643. The van der Waals surface area contributed by atoms with Crippen LogP contribution in [0, 0.1) is 13.8 Å². The molecule has 0 bridgehead atoms. The molecule has 2 rings (SSSR count). The van der Waals surface area contributed by atoms with E-state index in [1.807, 2.05) is 52.0 Å². The van der Waals surface area contributed by atoms with Gasteiger partial charge in [-0.05, 0) is 121 Å². The van der Waals surface area contributed by atoms with Gasteiger partial charge in [0.15, 0.2) is 6.29 Å². The molecule has 0 aliphatic carbocycles. The largest absolute Gasteiger partial charge is 0.466 e. The molecule has 57 heavy (non-hydrogen) atoms. The number of aliphatic hydroxyl groups is 2. The van der Waals surface area contributed by atoms with E-state index in [-0.39, 0.29) is 37.1 Å². The van der Waals surface area contributed by atoms with E-state index in [4.69, 9.17) is 24.4 Å². The third kappa shape index (κ3) is 33.2. The van der Waals surface area contributed by atoms with Crippen molar-refractivity contribution in [3.05, 3.63) is 46.8 Å². The van der Waals surface area contributed by atoms with Crippen molar-refractivity contribution in [3.63, 3.8) is 0 Å². The Morgan fingerprint density at radius 1 is 0.579 bits per heavy atom. The molecule has 15 heteroatoms. The van der Waals surface area contributed by atoms with Crippen LogP contribution in [0.15, 0.2) is 34.3 Å². The smallest absolute Gasteiger partial charge is 0.305 e. The summed E-state index contributed by atoms with van der Waals surface area (Å²) in [5, 5.41) is 19.3. The zero-order chi connectivity index (χ0) is 43.1. The fourth-order valence-electron chi connectivity index (χ4n) is 4.25. The summed E-state index contributed by atoms with van der Waals surface area (Å²) in [7, 11) is 0. The average Bonchev–Trinajstić information content (AvgIpc) is 3.19. The van der Waals surface area contributed by atoms with Crippen LogP contribution in [0.2, 0.25) is 0 Å². The number of thioether (sulfide) groups is 2. The lowest BCUT2D eigenvalue weighted by molar-refractivity contribution is -0.144. The number of hydrogen-bond donors (Lipinski definition) is 2. The summed E-state index contributed by atoms with van der Waals surface area (Å²) in [6.07, 6.45) is 9.66. The molecule has 324 valence electrons. The Kier molecular flexibility index (Phi) is 38.3. The summed E-state index contributed by atoms with van der Waals surface area (Å²) in [4.78, 5) is 62.8. The van der Waals surface area contributed by atoms with Crippen LogP contribution >= 0.6 is 23.5 Å². The normalized spacial score (nSPS) is 9.98. The van der Waals surface area contributed by atoms with Crippen molar-refractivity contribution in [2.75, 3.05) is 44.5 Å². The lowest BCUT2D eigenvalue weighted by Crippen LogP contribution is -2.03. The van der Waals surface area contributed by atoms with Gasteiger partial charge in [-0.25, -0.2) is 9.97 Å². The predicted molar refractivity (Wildman–Crippen MR) is 225 cm³/mol. The molecule has 0 spiro atoms. The predicted octanol–water partition coefficient (Wildman–Crippen LogP) is 8.19. The summed E-state index contributed by atoms with van der Waals surface area (Å²) in [5.74, 6) is 1.30. The third-order valence-corrected chi connectivity index (χ3v) is 9.38. The summed E-state index contributed by atoms with van der Waals surface area (Å²) in [6.45, 7) is 15.0. The van der Waals surface area contributed by atoms with Crippen LogP contribution in [-0.2, 0) is 44.7 Å². The molecule has 0 aliphatic rings. The molecule has 0 atom stereocenters. The van der Waals surface area contributed by atoms with E-state index < -0.39 is 0 Å². The summed E-state index contributed by atoms with van der Waals surface area (Å²) < 4.78 is 19.1. The number of pyridine rings is 2. The van der Waals surface area contributed by atoms with Gasteiger partial charge in [-0.1, -0.05) is 25.5 Å². The second kappa shape index (κ2) is 39.3. The maximum Gasteiger partial charge on any atom is 0.305 e. The van der Waals surface area contributed by atoms with Crippen LogP contribution in [0.4, 0.5) is 0 Å². The topological polar surface area (TPSA) is 189 Å². The van der Waals surface area contributed by atoms with E-state index in [0.717, 1.165) is 89.6 Å². The lowest BCUT2D eigenvalue weighted by Gasteiger charge is -2.05. The molecule has 0 aliphatic heterocycles. The minimum absolute atomic E-state index is 0.0247. The molecule has 2 N–H and O–H groups in total. The van der Waals surface area contributed by atoms with Gasteiger partial charge in [-0.3, -0.25) is 24.0 Å². The van der Waals surface area contributed by atoms with E-state index in [9.17, 15) is 24.0 Å². The molecule has 2 aromatic heterocycles. The highest BCUT2D eigenvalue weighted by atomic mass is 32.2. The van der Waals surface area contributed by atoms with Crippen molar-refractivity contribution in [1.82, 2.24) is 9.97 Å². The number of aryl methyl sites for hydroxylation is 2. The fourth-order valence-corrected chi connectivity index (χ4v) is 6.03. The van der Waals surface area contributed by atoms with Crippen LogP contribution in [0.3, 0.4) is 0 Å². The number of aromatic nitrogens is 2. The molecule has 13 nitrogen and oxygen atoms in total. The highest BCUT2D eigenvalue weighted by Crippen LogP contribution is 2.20. The van der Waals surface area contributed by atoms with Crippen LogP contribution in [0.1, 0.15) is 139 Å². The first kappa shape index (κ1) is 55.6. The van der Waals surface area contributed by atoms with Crippen molar-refractivity contribution >= 4 is 53.7 Å². The minimum Gasteiger partial charge on any atom is -0.466 e. The number of hydrogen-bond acceptors (Lipinski definition) is 15. The van der Waals surface area contributed by atoms with Crippen molar-refractivity contribution in [3.8, 4) is 0 Å². The Hall–Kier alpha value is -3.53. The van der Waals surface area contributed by atoms with Crippen molar-refractivity contribution in [2.45, 2.75) is 142 Å². The monoisotopic (exact) mass is 840 g/mol. The quantitative estimate of drug-likeness (QED) is 0.0320. The van der Waals surface area contributed by atoms with Gasteiger partial charge in [0.05, 0.1) is 48.8 Å². The Bertz CT molecular complexity index is 1380. The van der Waals surface area contributed by atoms with Gasteiger partial charge in [-0.2, -0.15) is 0 Å². The highest BCUT2D eigenvalue weighted by Gasteiger charge is 2.06. The third-order valence-electron chi connectivity index (χ3n) is 7.34.